The van der Waals surface area contributed by atoms with Crippen LogP contribution in [0.4, 0.5) is 5.69 Å². The maximum atomic E-state index is 8.73. The fraction of sp³-hybridized carbons (Fsp3) is 0.0909. The van der Waals surface area contributed by atoms with Gasteiger partial charge in [0, 0.05) is 12.3 Å². The summed E-state index contributed by atoms with van der Waals surface area (Å²) in [5, 5.41) is 19.7. The van der Waals surface area contributed by atoms with E-state index < -0.39 is 0 Å². The number of nitrogens with zero attached hydrogens (tertiary/aromatic N) is 1. The summed E-state index contributed by atoms with van der Waals surface area (Å²) in [5.41, 5.74) is 5.61. The summed E-state index contributed by atoms with van der Waals surface area (Å²) in [5.74, 6) is 0.248. The van der Waals surface area contributed by atoms with Crippen LogP contribution in [-0.4, -0.2) is 12.9 Å². The molecule has 0 bridgehead atoms. The molecule has 0 saturated carbocycles. The van der Waals surface area contributed by atoms with E-state index in [0.717, 1.165) is 6.20 Å². The summed E-state index contributed by atoms with van der Waals surface area (Å²) in [6, 6.07) is 4.79. The summed E-state index contributed by atoms with van der Waals surface area (Å²) in [6.45, 7) is 0. The van der Waals surface area contributed by atoms with Crippen LogP contribution in [0.25, 0.3) is 0 Å². The van der Waals surface area contributed by atoms with Gasteiger partial charge in [-0.3, -0.25) is 5.41 Å². The van der Waals surface area contributed by atoms with E-state index in [1.807, 2.05) is 0 Å². The summed E-state index contributed by atoms with van der Waals surface area (Å²) in [7, 11) is 1.46. The summed E-state index contributed by atoms with van der Waals surface area (Å²) in [6.07, 6.45) is 1.04. The van der Waals surface area contributed by atoms with Crippen LogP contribution in [0.3, 0.4) is 0 Å². The Labute approximate surface area is 114 Å². The molecule has 0 saturated heterocycles. The highest BCUT2D eigenvalue weighted by molar-refractivity contribution is 6.37. The van der Waals surface area contributed by atoms with Crippen molar-refractivity contribution in [3.63, 3.8) is 0 Å². The first-order valence-electron chi connectivity index (χ1n) is 4.74. The number of hydrogen-bond donors (Lipinski definition) is 3. The largest absolute Gasteiger partial charge is 0.495 e. The maximum absolute atomic E-state index is 8.73. The molecule has 0 aliphatic carbocycles. The van der Waals surface area contributed by atoms with Gasteiger partial charge in [-0.25, -0.2) is 0 Å². The van der Waals surface area contributed by atoms with Crippen LogP contribution in [-0.2, 0) is 0 Å². The van der Waals surface area contributed by atoms with Gasteiger partial charge in [-0.2, -0.15) is 5.26 Å². The molecule has 1 rings (SSSR count). The normalized spacial score (nSPS) is 10.7. The van der Waals surface area contributed by atoms with Crippen LogP contribution < -0.4 is 15.8 Å². The van der Waals surface area contributed by atoms with Gasteiger partial charge in [0.05, 0.1) is 22.8 Å². The Kier molecular flexibility index (Phi) is 4.84. The van der Waals surface area contributed by atoms with Gasteiger partial charge in [-0.05, 0) is 6.07 Å². The van der Waals surface area contributed by atoms with E-state index in [1.54, 1.807) is 6.07 Å². The zero-order valence-electron chi connectivity index (χ0n) is 9.42. The van der Waals surface area contributed by atoms with Crippen molar-refractivity contribution in [2.24, 2.45) is 5.73 Å². The third-order valence-corrected chi connectivity index (χ3v) is 2.67. The highest BCUT2D eigenvalue weighted by Gasteiger charge is 2.11. The van der Waals surface area contributed by atoms with Gasteiger partial charge in [0.15, 0.2) is 0 Å². The SMILES string of the molecule is COc1cc(NC(=N)/C(C#N)=C\N)c(Cl)cc1Cl. The molecule has 0 fully saturated rings. The van der Waals surface area contributed by atoms with Crippen LogP contribution in [0.2, 0.25) is 10.0 Å². The number of methoxy groups -OCH3 is 1. The monoisotopic (exact) mass is 284 g/mol. The van der Waals surface area contributed by atoms with E-state index in [0.29, 0.717) is 21.5 Å². The van der Waals surface area contributed by atoms with Gasteiger partial charge in [-0.1, -0.05) is 23.2 Å². The second-order valence-corrected chi connectivity index (χ2v) is 3.97. The Balaban J connectivity index is 3.06. The fourth-order valence-electron chi connectivity index (χ4n) is 1.16. The smallest absolute Gasteiger partial charge is 0.142 e. The van der Waals surface area contributed by atoms with E-state index in [1.165, 1.54) is 19.2 Å². The number of halogens is 2. The molecule has 0 atom stereocenters. The van der Waals surface area contributed by atoms with Gasteiger partial charge < -0.3 is 15.8 Å². The van der Waals surface area contributed by atoms with Crippen molar-refractivity contribution in [1.82, 2.24) is 0 Å². The number of hydrogen-bond acceptors (Lipinski definition) is 4. The molecule has 0 radical (unpaired) electrons. The van der Waals surface area contributed by atoms with Gasteiger partial charge in [-0.15, -0.1) is 0 Å². The minimum Gasteiger partial charge on any atom is -0.495 e. The zero-order valence-corrected chi connectivity index (χ0v) is 10.9. The van der Waals surface area contributed by atoms with Crippen molar-refractivity contribution < 1.29 is 4.74 Å². The van der Waals surface area contributed by atoms with E-state index in [2.05, 4.69) is 5.32 Å². The van der Waals surface area contributed by atoms with Crippen molar-refractivity contribution in [2.45, 2.75) is 0 Å². The first-order valence-corrected chi connectivity index (χ1v) is 5.50. The molecule has 0 aliphatic heterocycles. The molecule has 0 heterocycles. The average molecular weight is 285 g/mol. The minimum atomic E-state index is -0.161. The molecule has 94 valence electrons. The second-order valence-electron chi connectivity index (χ2n) is 3.16. The first-order chi connectivity index (χ1) is 8.53. The summed E-state index contributed by atoms with van der Waals surface area (Å²) in [4.78, 5) is 0. The van der Waals surface area contributed by atoms with Crippen molar-refractivity contribution in [3.8, 4) is 11.8 Å². The summed E-state index contributed by atoms with van der Waals surface area (Å²) >= 11 is 11.8. The molecule has 1 aromatic carbocycles. The van der Waals surface area contributed by atoms with Crippen molar-refractivity contribution in [1.29, 1.82) is 10.7 Å². The third kappa shape index (κ3) is 3.06. The topological polar surface area (TPSA) is 94.9 Å². The third-order valence-electron chi connectivity index (χ3n) is 2.06. The molecule has 0 spiro atoms. The first kappa shape index (κ1) is 14.2. The number of anilines is 1. The predicted octanol–water partition coefficient (Wildman–Crippen LogP) is 2.76. The van der Waals surface area contributed by atoms with Gasteiger partial charge in [0.25, 0.3) is 0 Å². The maximum Gasteiger partial charge on any atom is 0.142 e. The number of amidine groups is 1. The Hall–Kier alpha value is -1.90. The van der Waals surface area contributed by atoms with E-state index in [9.17, 15) is 0 Å². The Morgan fingerprint density at radius 1 is 1.50 bits per heavy atom. The molecular weight excluding hydrogens is 275 g/mol. The van der Waals surface area contributed by atoms with Crippen molar-refractivity contribution >= 4 is 34.7 Å². The molecule has 0 aliphatic rings. The lowest BCUT2D eigenvalue weighted by atomic mass is 10.2. The molecular formula is C11H10Cl2N4O. The molecule has 0 unspecified atom stereocenters. The number of nitriles is 1. The minimum absolute atomic E-state index is 0.0000153. The average Bonchev–Trinajstić information content (AvgIpc) is 2.34. The zero-order chi connectivity index (χ0) is 13.7. The van der Waals surface area contributed by atoms with Crippen molar-refractivity contribution in [2.75, 3.05) is 12.4 Å². The van der Waals surface area contributed by atoms with E-state index in [-0.39, 0.29) is 11.4 Å². The molecule has 0 amide bonds. The standard InChI is InChI=1S/C11H10Cl2N4O/c1-18-10-3-9(7(12)2-8(10)13)17-11(16)6(4-14)5-15/h2-4H,14H2,1H3,(H2,16,17)/b6-4-. The Morgan fingerprint density at radius 2 is 2.17 bits per heavy atom. The number of nitrogens with two attached hydrogens (primary N) is 1. The number of ether oxygens (including phenoxy) is 1. The number of rotatable bonds is 3. The molecule has 1 aromatic rings. The van der Waals surface area contributed by atoms with Crippen LogP contribution in [0.1, 0.15) is 0 Å². The van der Waals surface area contributed by atoms with Gasteiger partial charge in [0.1, 0.15) is 23.2 Å². The van der Waals surface area contributed by atoms with Gasteiger partial charge in [0.2, 0.25) is 0 Å². The van der Waals surface area contributed by atoms with E-state index in [4.69, 9.17) is 44.3 Å². The van der Waals surface area contributed by atoms with Crippen LogP contribution in [0.15, 0.2) is 23.9 Å². The quantitative estimate of drug-likeness (QED) is 0.452. The Bertz CT molecular complexity index is 549. The second kappa shape index (κ2) is 6.15. The van der Waals surface area contributed by atoms with Gasteiger partial charge >= 0.3 is 0 Å². The molecule has 4 N–H and O–H groups in total. The molecule has 5 nitrogen and oxygen atoms in total. The number of benzene rings is 1. The fourth-order valence-corrected chi connectivity index (χ4v) is 1.67. The molecule has 7 heteroatoms. The Morgan fingerprint density at radius 3 is 2.67 bits per heavy atom. The van der Waals surface area contributed by atoms with Crippen LogP contribution in [0.5, 0.6) is 5.75 Å². The van der Waals surface area contributed by atoms with Crippen LogP contribution >= 0.6 is 23.2 Å². The van der Waals surface area contributed by atoms with Crippen molar-refractivity contribution in [3.05, 3.63) is 34.0 Å². The lowest BCUT2D eigenvalue weighted by Crippen LogP contribution is -2.14. The van der Waals surface area contributed by atoms with E-state index >= 15 is 0 Å². The summed E-state index contributed by atoms with van der Waals surface area (Å²) < 4.78 is 5.03. The predicted molar refractivity (Wildman–Crippen MR) is 72.2 cm³/mol. The highest BCUT2D eigenvalue weighted by Crippen LogP contribution is 2.34. The lowest BCUT2D eigenvalue weighted by molar-refractivity contribution is 0.415. The van der Waals surface area contributed by atoms with Crippen LogP contribution in [0, 0.1) is 16.7 Å². The lowest BCUT2D eigenvalue weighted by Gasteiger charge is -2.11. The molecule has 18 heavy (non-hydrogen) atoms. The molecule has 0 aromatic heterocycles. The highest BCUT2D eigenvalue weighted by atomic mass is 35.5. The number of nitrogens with one attached hydrogen (secondary N) is 2.